The molecule has 0 radical (unpaired) electrons. The summed E-state index contributed by atoms with van der Waals surface area (Å²) in [5.74, 6) is -0.245. The summed E-state index contributed by atoms with van der Waals surface area (Å²) >= 11 is 0. The van der Waals surface area contributed by atoms with Crippen molar-refractivity contribution < 1.29 is 44.5 Å². The molecule has 214 valence electrons. The lowest BCUT2D eigenvalue weighted by atomic mass is 9.41. The van der Waals surface area contributed by atoms with E-state index in [-0.39, 0.29) is 48.3 Å². The first-order valence-corrected chi connectivity index (χ1v) is 14.6. The molecule has 0 aromatic rings. The monoisotopic (exact) mass is 536 g/mol. The van der Waals surface area contributed by atoms with Gasteiger partial charge in [-0.15, -0.1) is 0 Å². The van der Waals surface area contributed by atoms with Crippen molar-refractivity contribution in [1.29, 1.82) is 0 Å². The van der Waals surface area contributed by atoms with Gasteiger partial charge in [-0.1, -0.05) is 6.92 Å². The molecule has 6 rings (SSSR count). The summed E-state index contributed by atoms with van der Waals surface area (Å²) < 4.78 is 17.2. The van der Waals surface area contributed by atoms with Crippen molar-refractivity contribution in [2.45, 2.75) is 120 Å². The third-order valence-electron chi connectivity index (χ3n) is 12.1. The fraction of sp³-hybridized carbons (Fsp3) is 0.897. The summed E-state index contributed by atoms with van der Waals surface area (Å²) in [5, 5.41) is 55.6. The molecule has 5 fully saturated rings. The maximum atomic E-state index is 12.4. The lowest BCUT2D eigenvalue weighted by Gasteiger charge is -2.66. The van der Waals surface area contributed by atoms with Gasteiger partial charge >= 0.3 is 5.97 Å². The molecule has 38 heavy (non-hydrogen) atoms. The smallest absolute Gasteiger partial charge is 0.331 e. The quantitative estimate of drug-likeness (QED) is 0.267. The molecule has 2 heterocycles. The molecule has 0 bridgehead atoms. The van der Waals surface area contributed by atoms with Crippen LogP contribution in [0.2, 0.25) is 0 Å². The van der Waals surface area contributed by atoms with Crippen molar-refractivity contribution in [3.05, 3.63) is 11.6 Å². The average Bonchev–Trinajstić information content (AvgIpc) is 3.41. The number of hydrogen-bond acceptors (Lipinski definition) is 9. The highest BCUT2D eigenvalue weighted by molar-refractivity contribution is 5.85. The van der Waals surface area contributed by atoms with Crippen LogP contribution in [0.25, 0.3) is 0 Å². The van der Waals surface area contributed by atoms with Crippen LogP contribution in [0.3, 0.4) is 0 Å². The number of cyclic esters (lactones) is 1. The van der Waals surface area contributed by atoms with Gasteiger partial charge < -0.3 is 39.7 Å². The van der Waals surface area contributed by atoms with E-state index >= 15 is 0 Å². The zero-order valence-electron chi connectivity index (χ0n) is 22.6. The molecular weight excluding hydrogens is 492 g/mol. The predicted octanol–water partition coefficient (Wildman–Crippen LogP) is 1.57. The van der Waals surface area contributed by atoms with Crippen molar-refractivity contribution in [1.82, 2.24) is 0 Å². The average molecular weight is 537 g/mol. The van der Waals surface area contributed by atoms with Crippen LogP contribution in [0.15, 0.2) is 11.6 Å². The number of hydrogen-bond donors (Lipinski definition) is 5. The van der Waals surface area contributed by atoms with E-state index in [9.17, 15) is 30.3 Å². The molecular formula is C29H44O9. The number of carbonyl (C=O) groups excluding carboxylic acids is 1. The van der Waals surface area contributed by atoms with Gasteiger partial charge in [0.2, 0.25) is 0 Å². The molecule has 4 saturated carbocycles. The van der Waals surface area contributed by atoms with Crippen LogP contribution in [-0.4, -0.2) is 86.6 Å². The highest BCUT2D eigenvalue weighted by atomic mass is 16.7. The van der Waals surface area contributed by atoms with Gasteiger partial charge in [0, 0.05) is 29.7 Å². The maximum Gasteiger partial charge on any atom is 0.331 e. The molecule has 0 aromatic carbocycles. The first kappa shape index (κ1) is 27.1. The molecule has 0 spiro atoms. The van der Waals surface area contributed by atoms with Gasteiger partial charge in [-0.05, 0) is 81.6 Å². The predicted molar refractivity (Wildman–Crippen MR) is 134 cm³/mol. The second-order valence-electron chi connectivity index (χ2n) is 13.5. The lowest BCUT2D eigenvalue weighted by molar-refractivity contribution is -0.297. The van der Waals surface area contributed by atoms with Gasteiger partial charge in [-0.25, -0.2) is 4.79 Å². The minimum Gasteiger partial charge on any atom is -0.458 e. The second-order valence-corrected chi connectivity index (χ2v) is 13.5. The van der Waals surface area contributed by atoms with E-state index in [0.29, 0.717) is 45.1 Å². The molecule has 4 aliphatic carbocycles. The summed E-state index contributed by atoms with van der Waals surface area (Å²) in [6, 6.07) is 0. The molecule has 9 nitrogen and oxygen atoms in total. The first-order valence-electron chi connectivity index (χ1n) is 14.6. The Hall–Kier alpha value is -1.07. The van der Waals surface area contributed by atoms with E-state index in [2.05, 4.69) is 6.92 Å². The zero-order valence-corrected chi connectivity index (χ0v) is 22.6. The number of aliphatic hydroxyl groups is 5. The summed E-state index contributed by atoms with van der Waals surface area (Å²) in [4.78, 5) is 11.8. The second kappa shape index (κ2) is 9.23. The molecule has 0 unspecified atom stereocenters. The van der Waals surface area contributed by atoms with E-state index < -0.39 is 41.2 Å². The Bertz CT molecular complexity index is 973. The van der Waals surface area contributed by atoms with Gasteiger partial charge in [0.15, 0.2) is 6.29 Å². The molecule has 1 saturated heterocycles. The highest BCUT2D eigenvalue weighted by Crippen LogP contribution is 2.70. The standard InChI is InChI=1S/C29H44O9/c1-16-25(33)22(31)12-24(37-16)38-18-3-8-27(15-30)20-4-7-26(2)19(17-11-23(32)36-14-17)6-10-29(26,35)21(20)5-9-28(27,34)13-18/h11,16,18-22,24-25,30-31,33-35H,3-10,12-15H2,1-2H3/t16-,18+,19-,20-,21+,22-,24+,25-,26+,27-,28-,29-/m0/s1. The number of fused-ring (bicyclic) bond motifs is 5. The van der Waals surface area contributed by atoms with Crippen molar-refractivity contribution in [2.75, 3.05) is 13.2 Å². The summed E-state index contributed by atoms with van der Waals surface area (Å²) in [6.45, 7) is 4.05. The number of ether oxygens (including phenoxy) is 3. The molecule has 6 aliphatic rings. The van der Waals surface area contributed by atoms with Crippen LogP contribution in [0.4, 0.5) is 0 Å². The Morgan fingerprint density at radius 1 is 1.05 bits per heavy atom. The minimum atomic E-state index is -1.12. The molecule has 12 atom stereocenters. The van der Waals surface area contributed by atoms with Gasteiger partial charge in [0.1, 0.15) is 12.7 Å². The van der Waals surface area contributed by atoms with Gasteiger partial charge in [-0.3, -0.25) is 0 Å². The summed E-state index contributed by atoms with van der Waals surface area (Å²) in [6.07, 6.45) is 4.24. The van der Waals surface area contributed by atoms with E-state index in [1.807, 2.05) is 0 Å². The van der Waals surface area contributed by atoms with Crippen molar-refractivity contribution >= 4 is 5.97 Å². The van der Waals surface area contributed by atoms with Crippen LogP contribution in [-0.2, 0) is 19.0 Å². The Morgan fingerprint density at radius 2 is 1.82 bits per heavy atom. The number of esters is 1. The Kier molecular flexibility index (Phi) is 6.58. The van der Waals surface area contributed by atoms with E-state index in [0.717, 1.165) is 24.8 Å². The lowest BCUT2D eigenvalue weighted by Crippen LogP contribution is -2.69. The fourth-order valence-corrected chi connectivity index (χ4v) is 9.94. The largest absolute Gasteiger partial charge is 0.458 e. The SMILES string of the molecule is C[C@@H]1O[C@H](O[C@@H]2CC[C@]3(CO)[C@H]4CC[C@]5(C)[C@H](C6=CC(=O)OC6)CC[C@]5(O)[C@@H]4CC[C@]3(O)C2)C[C@H](O)[C@H]1O. The topological polar surface area (TPSA) is 146 Å². The van der Waals surface area contributed by atoms with E-state index in [1.165, 1.54) is 0 Å². The summed E-state index contributed by atoms with van der Waals surface area (Å²) in [7, 11) is 0. The van der Waals surface area contributed by atoms with Crippen LogP contribution < -0.4 is 0 Å². The van der Waals surface area contributed by atoms with Crippen LogP contribution >= 0.6 is 0 Å². The normalized spacial score (nSPS) is 54.5. The Morgan fingerprint density at radius 3 is 2.50 bits per heavy atom. The molecule has 0 aromatic heterocycles. The first-order chi connectivity index (χ1) is 18.0. The third-order valence-corrected chi connectivity index (χ3v) is 12.1. The van der Waals surface area contributed by atoms with Gasteiger partial charge in [0.05, 0.1) is 36.1 Å². The summed E-state index contributed by atoms with van der Waals surface area (Å²) in [5.41, 5.74) is -2.15. The van der Waals surface area contributed by atoms with Crippen molar-refractivity contribution in [3.63, 3.8) is 0 Å². The molecule has 0 amide bonds. The molecule has 2 aliphatic heterocycles. The molecule has 5 N–H and O–H groups in total. The number of rotatable bonds is 4. The number of aliphatic hydroxyl groups excluding tert-OH is 3. The maximum absolute atomic E-state index is 12.4. The molecule has 9 heteroatoms. The minimum absolute atomic E-state index is 0.0117. The Labute approximate surface area is 224 Å². The van der Waals surface area contributed by atoms with Crippen LogP contribution in [0.1, 0.15) is 78.1 Å². The highest BCUT2D eigenvalue weighted by Gasteiger charge is 2.71. The van der Waals surface area contributed by atoms with Crippen LogP contribution in [0.5, 0.6) is 0 Å². The van der Waals surface area contributed by atoms with E-state index in [4.69, 9.17) is 14.2 Å². The van der Waals surface area contributed by atoms with Crippen molar-refractivity contribution in [2.24, 2.45) is 28.6 Å². The van der Waals surface area contributed by atoms with Crippen LogP contribution in [0, 0.1) is 28.6 Å². The van der Waals surface area contributed by atoms with Gasteiger partial charge in [-0.2, -0.15) is 0 Å². The Balaban J connectivity index is 1.21. The zero-order chi connectivity index (χ0) is 27.1. The van der Waals surface area contributed by atoms with Gasteiger partial charge in [0.25, 0.3) is 0 Å². The van der Waals surface area contributed by atoms with E-state index in [1.54, 1.807) is 13.0 Å². The van der Waals surface area contributed by atoms with Crippen molar-refractivity contribution in [3.8, 4) is 0 Å². The fourth-order valence-electron chi connectivity index (χ4n) is 9.94. The third kappa shape index (κ3) is 3.72. The number of carbonyl (C=O) groups is 1.